The highest BCUT2D eigenvalue weighted by molar-refractivity contribution is 7.17. The zero-order chi connectivity index (χ0) is 13.4. The number of carbonyl (C=O) groups is 2. The van der Waals surface area contributed by atoms with E-state index in [-0.39, 0.29) is 0 Å². The van der Waals surface area contributed by atoms with Crippen LogP contribution in [0.5, 0.6) is 0 Å². The average Bonchev–Trinajstić information content (AvgIpc) is 2.84. The fourth-order valence-corrected chi connectivity index (χ4v) is 1.90. The summed E-state index contributed by atoms with van der Waals surface area (Å²) in [5.41, 5.74) is 0. The molecule has 0 saturated carbocycles. The number of thiophene rings is 1. The third-order valence-corrected chi connectivity index (χ3v) is 2.82. The Morgan fingerprint density at radius 1 is 1.22 bits per heavy atom. The SMILES string of the molecule is COC(=O)C=CC(=O)O.c1ccc2sccc2c1. The molecule has 0 unspecified atom stereocenters. The molecule has 0 fully saturated rings. The molecule has 0 amide bonds. The van der Waals surface area contributed by atoms with Gasteiger partial charge in [0.05, 0.1) is 7.11 Å². The smallest absolute Gasteiger partial charge is 0.330 e. The van der Waals surface area contributed by atoms with Crippen LogP contribution in [0.4, 0.5) is 0 Å². The van der Waals surface area contributed by atoms with E-state index in [9.17, 15) is 9.59 Å². The minimum absolute atomic E-state index is 0.669. The summed E-state index contributed by atoms with van der Waals surface area (Å²) in [4.78, 5) is 19.9. The molecule has 0 aliphatic heterocycles. The van der Waals surface area contributed by atoms with E-state index in [1.54, 1.807) is 11.3 Å². The molecule has 0 spiro atoms. The number of benzene rings is 1. The largest absolute Gasteiger partial charge is 0.478 e. The predicted molar refractivity (Wildman–Crippen MR) is 70.6 cm³/mol. The number of ether oxygens (including phenoxy) is 1. The Bertz CT molecular complexity index is 527. The van der Waals surface area contributed by atoms with Gasteiger partial charge in [-0.1, -0.05) is 18.2 Å². The van der Waals surface area contributed by atoms with E-state index in [0.717, 1.165) is 6.08 Å². The lowest BCUT2D eigenvalue weighted by atomic mass is 10.3. The Kier molecular flexibility index (Phi) is 5.60. The summed E-state index contributed by atoms with van der Waals surface area (Å²) in [5.74, 6) is -1.84. The van der Waals surface area contributed by atoms with Crippen LogP contribution >= 0.6 is 11.3 Å². The lowest BCUT2D eigenvalue weighted by molar-refractivity contribution is -0.136. The molecule has 0 radical (unpaired) electrons. The molecule has 1 aromatic heterocycles. The first kappa shape index (κ1) is 13.9. The summed E-state index contributed by atoms with van der Waals surface area (Å²) in [7, 11) is 1.18. The van der Waals surface area contributed by atoms with Gasteiger partial charge < -0.3 is 9.84 Å². The fourth-order valence-electron chi connectivity index (χ4n) is 1.11. The molecule has 4 nitrogen and oxygen atoms in total. The van der Waals surface area contributed by atoms with Gasteiger partial charge >= 0.3 is 11.9 Å². The first-order chi connectivity index (χ1) is 8.63. The van der Waals surface area contributed by atoms with Gasteiger partial charge in [0.1, 0.15) is 0 Å². The molecule has 0 saturated heterocycles. The average molecular weight is 264 g/mol. The van der Waals surface area contributed by atoms with Gasteiger partial charge in [-0.25, -0.2) is 9.59 Å². The summed E-state index contributed by atoms with van der Waals surface area (Å²) in [5, 5.41) is 11.4. The number of methoxy groups -OCH3 is 1. The molecule has 2 rings (SSSR count). The second-order valence-corrected chi connectivity index (χ2v) is 4.10. The molecule has 0 aliphatic carbocycles. The van der Waals surface area contributed by atoms with Gasteiger partial charge in [0.25, 0.3) is 0 Å². The number of rotatable bonds is 2. The number of hydrogen-bond acceptors (Lipinski definition) is 4. The van der Waals surface area contributed by atoms with Crippen LogP contribution < -0.4 is 0 Å². The van der Waals surface area contributed by atoms with Gasteiger partial charge in [0, 0.05) is 16.9 Å². The molecule has 5 heteroatoms. The number of hydrogen-bond donors (Lipinski definition) is 1. The molecule has 1 heterocycles. The maximum atomic E-state index is 10.1. The van der Waals surface area contributed by atoms with Gasteiger partial charge in [-0.2, -0.15) is 0 Å². The molecule has 0 atom stereocenters. The van der Waals surface area contributed by atoms with Crippen molar-refractivity contribution in [1.29, 1.82) is 0 Å². The number of fused-ring (bicyclic) bond motifs is 1. The lowest BCUT2D eigenvalue weighted by Gasteiger charge is -1.85. The minimum Gasteiger partial charge on any atom is -0.478 e. The van der Waals surface area contributed by atoms with Crippen molar-refractivity contribution in [2.75, 3.05) is 7.11 Å². The number of esters is 1. The van der Waals surface area contributed by atoms with Gasteiger partial charge in [-0.3, -0.25) is 0 Å². The van der Waals surface area contributed by atoms with E-state index >= 15 is 0 Å². The molecule has 94 valence electrons. The normalized spacial score (nSPS) is 9.83. The Morgan fingerprint density at radius 2 is 1.94 bits per heavy atom. The molecule has 1 aromatic carbocycles. The van der Waals surface area contributed by atoms with Crippen molar-refractivity contribution >= 4 is 33.4 Å². The first-order valence-electron chi connectivity index (χ1n) is 5.04. The van der Waals surface area contributed by atoms with E-state index in [1.165, 1.54) is 17.2 Å². The van der Waals surface area contributed by atoms with Crippen molar-refractivity contribution < 1.29 is 19.4 Å². The highest BCUT2D eigenvalue weighted by atomic mass is 32.1. The summed E-state index contributed by atoms with van der Waals surface area (Å²) >= 11 is 1.79. The van der Waals surface area contributed by atoms with Crippen LogP contribution in [0.3, 0.4) is 0 Å². The molecule has 0 aliphatic rings. The Morgan fingerprint density at radius 3 is 2.56 bits per heavy atom. The highest BCUT2D eigenvalue weighted by Gasteiger charge is 1.91. The van der Waals surface area contributed by atoms with E-state index < -0.39 is 11.9 Å². The van der Waals surface area contributed by atoms with E-state index in [4.69, 9.17) is 5.11 Å². The number of carboxylic acid groups (broad SMARTS) is 1. The number of carbonyl (C=O) groups excluding carboxylic acids is 1. The van der Waals surface area contributed by atoms with Gasteiger partial charge in [0.15, 0.2) is 0 Å². The lowest BCUT2D eigenvalue weighted by Crippen LogP contribution is -1.96. The second-order valence-electron chi connectivity index (χ2n) is 3.15. The van der Waals surface area contributed by atoms with Crippen LogP contribution in [0, 0.1) is 0 Å². The number of aliphatic carboxylic acids is 1. The third kappa shape index (κ3) is 4.80. The van der Waals surface area contributed by atoms with Crippen molar-refractivity contribution in [2.24, 2.45) is 0 Å². The topological polar surface area (TPSA) is 63.6 Å². The van der Waals surface area contributed by atoms with Crippen molar-refractivity contribution in [2.45, 2.75) is 0 Å². The Balaban J connectivity index is 0.000000180. The van der Waals surface area contributed by atoms with E-state index in [1.807, 2.05) is 0 Å². The van der Waals surface area contributed by atoms with Gasteiger partial charge in [-0.05, 0) is 22.9 Å². The monoisotopic (exact) mass is 264 g/mol. The van der Waals surface area contributed by atoms with Crippen LogP contribution in [-0.4, -0.2) is 24.2 Å². The Labute approximate surface area is 108 Å². The summed E-state index contributed by atoms with van der Waals surface area (Å²) in [6.07, 6.45) is 1.55. The number of carboxylic acids is 1. The molecular formula is C13H12O4S. The van der Waals surface area contributed by atoms with Gasteiger partial charge in [-0.15, -0.1) is 11.3 Å². The maximum absolute atomic E-state index is 10.1. The first-order valence-corrected chi connectivity index (χ1v) is 5.92. The standard InChI is InChI=1S/C8H6S.C5H6O4/c1-2-4-8-7(3-1)5-6-9-8;1-9-5(8)3-2-4(6)7/h1-6H;2-3H,1H3,(H,6,7). The highest BCUT2D eigenvalue weighted by Crippen LogP contribution is 2.18. The van der Waals surface area contributed by atoms with Crippen LogP contribution in [-0.2, 0) is 14.3 Å². The summed E-state index contributed by atoms with van der Waals surface area (Å²) < 4.78 is 5.48. The summed E-state index contributed by atoms with van der Waals surface area (Å²) in [6.45, 7) is 0. The van der Waals surface area contributed by atoms with E-state index in [0.29, 0.717) is 6.08 Å². The minimum atomic E-state index is -1.17. The fraction of sp³-hybridized carbons (Fsp3) is 0.0769. The zero-order valence-electron chi connectivity index (χ0n) is 9.70. The quantitative estimate of drug-likeness (QED) is 0.669. The molecular weight excluding hydrogens is 252 g/mol. The van der Waals surface area contributed by atoms with Crippen LogP contribution in [0.15, 0.2) is 47.9 Å². The Hall–Kier alpha value is -2.14. The maximum Gasteiger partial charge on any atom is 0.330 e. The van der Waals surface area contributed by atoms with Crippen LogP contribution in [0.25, 0.3) is 10.1 Å². The van der Waals surface area contributed by atoms with Crippen molar-refractivity contribution in [3.63, 3.8) is 0 Å². The van der Waals surface area contributed by atoms with Crippen molar-refractivity contribution in [3.8, 4) is 0 Å². The molecule has 1 N–H and O–H groups in total. The molecule has 2 aromatic rings. The van der Waals surface area contributed by atoms with Crippen LogP contribution in [0.2, 0.25) is 0 Å². The predicted octanol–water partition coefficient (Wildman–Crippen LogP) is 2.70. The summed E-state index contributed by atoms with van der Waals surface area (Å²) in [6, 6.07) is 10.5. The third-order valence-electron chi connectivity index (χ3n) is 1.92. The van der Waals surface area contributed by atoms with Crippen molar-refractivity contribution in [1.82, 2.24) is 0 Å². The van der Waals surface area contributed by atoms with Gasteiger partial charge in [0.2, 0.25) is 0 Å². The zero-order valence-corrected chi connectivity index (χ0v) is 10.5. The van der Waals surface area contributed by atoms with E-state index in [2.05, 4.69) is 40.4 Å². The van der Waals surface area contributed by atoms with Crippen LogP contribution in [0.1, 0.15) is 0 Å². The molecule has 0 bridgehead atoms. The van der Waals surface area contributed by atoms with Crippen molar-refractivity contribution in [3.05, 3.63) is 47.9 Å². The second kappa shape index (κ2) is 7.24. The molecule has 18 heavy (non-hydrogen) atoms.